The fourth-order valence-corrected chi connectivity index (χ4v) is 2.72. The highest BCUT2D eigenvalue weighted by Gasteiger charge is 2.33. The molecule has 0 aromatic heterocycles. The molecule has 1 rings (SSSR count). The third-order valence-electron chi connectivity index (χ3n) is 3.05. The number of likely N-dealkylation sites (tertiary alicyclic amines) is 1. The molecule has 16 heavy (non-hydrogen) atoms. The van der Waals surface area contributed by atoms with Crippen LogP contribution in [0.1, 0.15) is 33.6 Å². The summed E-state index contributed by atoms with van der Waals surface area (Å²) < 4.78 is 0. The second-order valence-electron chi connectivity index (χ2n) is 4.82. The first-order valence-corrected chi connectivity index (χ1v) is 7.51. The Kier molecular flexibility index (Phi) is 5.62. The molecule has 1 aliphatic rings. The Bertz CT molecular complexity index is 233. The molecule has 94 valence electrons. The minimum absolute atomic E-state index is 0.0525. The largest absolute Gasteiger partial charge is 0.339 e. The molecule has 2 unspecified atom stereocenters. The first kappa shape index (κ1) is 13.8. The summed E-state index contributed by atoms with van der Waals surface area (Å²) in [5.41, 5.74) is 0. The van der Waals surface area contributed by atoms with Crippen LogP contribution in [-0.2, 0) is 4.79 Å². The first-order chi connectivity index (χ1) is 7.56. The van der Waals surface area contributed by atoms with Crippen molar-refractivity contribution in [3.05, 3.63) is 0 Å². The zero-order chi connectivity index (χ0) is 12.1. The summed E-state index contributed by atoms with van der Waals surface area (Å²) in [5, 5.41) is 3.34. The van der Waals surface area contributed by atoms with E-state index in [1.54, 1.807) is 0 Å². The van der Waals surface area contributed by atoms with Crippen molar-refractivity contribution < 1.29 is 4.79 Å². The fourth-order valence-electron chi connectivity index (χ4n) is 2.14. The molecule has 0 spiro atoms. The van der Waals surface area contributed by atoms with Crippen molar-refractivity contribution in [3.63, 3.8) is 0 Å². The molecule has 0 aromatic rings. The van der Waals surface area contributed by atoms with Crippen LogP contribution in [-0.4, -0.2) is 47.5 Å². The molecule has 1 saturated heterocycles. The minimum Gasteiger partial charge on any atom is -0.339 e. The van der Waals surface area contributed by atoms with Gasteiger partial charge < -0.3 is 10.2 Å². The van der Waals surface area contributed by atoms with Gasteiger partial charge in [-0.05, 0) is 31.8 Å². The zero-order valence-corrected chi connectivity index (χ0v) is 11.6. The average Bonchev–Trinajstić information content (AvgIpc) is 2.56. The molecular formula is C12H24N2OS. The molecule has 1 N–H and O–H groups in total. The number of amides is 1. The SMILES string of the molecule is CSCCC(C)N1CCC(NC(C)C)C1=O. The van der Waals surface area contributed by atoms with E-state index in [1.807, 2.05) is 16.7 Å². The Balaban J connectivity index is 2.43. The van der Waals surface area contributed by atoms with Crippen molar-refractivity contribution >= 4 is 17.7 Å². The molecular weight excluding hydrogens is 220 g/mol. The van der Waals surface area contributed by atoms with E-state index in [1.165, 1.54) is 0 Å². The molecule has 1 fully saturated rings. The summed E-state index contributed by atoms with van der Waals surface area (Å²) >= 11 is 1.85. The highest BCUT2D eigenvalue weighted by atomic mass is 32.2. The maximum Gasteiger partial charge on any atom is 0.240 e. The van der Waals surface area contributed by atoms with Gasteiger partial charge in [0.15, 0.2) is 0 Å². The van der Waals surface area contributed by atoms with E-state index < -0.39 is 0 Å². The summed E-state index contributed by atoms with van der Waals surface area (Å²) in [4.78, 5) is 14.1. The molecule has 0 bridgehead atoms. The molecule has 4 heteroatoms. The standard InChI is InChI=1S/C12H24N2OS/c1-9(2)13-11-5-7-14(12(11)15)10(3)6-8-16-4/h9-11,13H,5-8H2,1-4H3. The number of rotatable bonds is 6. The lowest BCUT2D eigenvalue weighted by atomic mass is 10.2. The Morgan fingerprint density at radius 3 is 2.75 bits per heavy atom. The van der Waals surface area contributed by atoms with Crippen molar-refractivity contribution in [1.82, 2.24) is 10.2 Å². The van der Waals surface area contributed by atoms with E-state index in [2.05, 4.69) is 32.3 Å². The predicted octanol–water partition coefficient (Wildman–Crippen LogP) is 1.73. The smallest absolute Gasteiger partial charge is 0.240 e. The summed E-state index contributed by atoms with van der Waals surface area (Å²) in [6, 6.07) is 0.825. The van der Waals surface area contributed by atoms with Crippen molar-refractivity contribution in [2.75, 3.05) is 18.6 Å². The van der Waals surface area contributed by atoms with Gasteiger partial charge in [0.25, 0.3) is 0 Å². The van der Waals surface area contributed by atoms with E-state index in [0.29, 0.717) is 18.0 Å². The normalized spacial score (nSPS) is 23.2. The van der Waals surface area contributed by atoms with Gasteiger partial charge in [0, 0.05) is 18.6 Å². The molecule has 0 aromatic carbocycles. The van der Waals surface area contributed by atoms with Crippen molar-refractivity contribution in [2.45, 2.75) is 51.7 Å². The molecule has 1 aliphatic heterocycles. The van der Waals surface area contributed by atoms with Crippen LogP contribution in [0.25, 0.3) is 0 Å². The van der Waals surface area contributed by atoms with Crippen LogP contribution in [0.5, 0.6) is 0 Å². The van der Waals surface area contributed by atoms with Gasteiger partial charge in [0.2, 0.25) is 5.91 Å². The van der Waals surface area contributed by atoms with E-state index in [4.69, 9.17) is 0 Å². The van der Waals surface area contributed by atoms with Crippen LogP contribution >= 0.6 is 11.8 Å². The van der Waals surface area contributed by atoms with Gasteiger partial charge in [0.1, 0.15) is 0 Å². The predicted molar refractivity (Wildman–Crippen MR) is 70.9 cm³/mol. The molecule has 2 atom stereocenters. The monoisotopic (exact) mass is 244 g/mol. The summed E-state index contributed by atoms with van der Waals surface area (Å²) in [6.45, 7) is 7.25. The van der Waals surface area contributed by atoms with Gasteiger partial charge >= 0.3 is 0 Å². The average molecular weight is 244 g/mol. The van der Waals surface area contributed by atoms with Crippen LogP contribution in [0.2, 0.25) is 0 Å². The van der Waals surface area contributed by atoms with Crippen LogP contribution in [0.15, 0.2) is 0 Å². The lowest BCUT2D eigenvalue weighted by Gasteiger charge is -2.25. The zero-order valence-electron chi connectivity index (χ0n) is 10.8. The molecule has 3 nitrogen and oxygen atoms in total. The maximum absolute atomic E-state index is 12.1. The number of carbonyl (C=O) groups excluding carboxylic acids is 1. The number of nitrogens with one attached hydrogen (secondary N) is 1. The summed E-state index contributed by atoms with van der Waals surface area (Å²) in [7, 11) is 0. The second kappa shape index (κ2) is 6.50. The molecule has 0 aliphatic carbocycles. The summed E-state index contributed by atoms with van der Waals surface area (Å²) in [5.74, 6) is 1.43. The van der Waals surface area contributed by atoms with Gasteiger partial charge in [-0.1, -0.05) is 13.8 Å². The Morgan fingerprint density at radius 2 is 2.19 bits per heavy atom. The second-order valence-corrected chi connectivity index (χ2v) is 5.81. The van der Waals surface area contributed by atoms with Gasteiger partial charge in [0.05, 0.1) is 6.04 Å². The number of thioether (sulfide) groups is 1. The van der Waals surface area contributed by atoms with E-state index in [9.17, 15) is 4.79 Å². The van der Waals surface area contributed by atoms with Gasteiger partial charge in [-0.3, -0.25) is 4.79 Å². The van der Waals surface area contributed by atoms with E-state index in [-0.39, 0.29) is 6.04 Å². The first-order valence-electron chi connectivity index (χ1n) is 6.11. The quantitative estimate of drug-likeness (QED) is 0.772. The highest BCUT2D eigenvalue weighted by Crippen LogP contribution is 2.17. The lowest BCUT2D eigenvalue weighted by molar-refractivity contribution is -0.131. The van der Waals surface area contributed by atoms with Gasteiger partial charge in [-0.2, -0.15) is 11.8 Å². The van der Waals surface area contributed by atoms with Crippen LogP contribution in [0.3, 0.4) is 0 Å². The summed E-state index contributed by atoms with van der Waals surface area (Å²) in [6.07, 6.45) is 4.17. The van der Waals surface area contributed by atoms with Gasteiger partial charge in [-0.15, -0.1) is 0 Å². The molecule has 1 amide bonds. The fraction of sp³-hybridized carbons (Fsp3) is 0.917. The van der Waals surface area contributed by atoms with Crippen molar-refractivity contribution in [3.8, 4) is 0 Å². The molecule has 0 radical (unpaired) electrons. The third kappa shape index (κ3) is 3.67. The molecule has 1 heterocycles. The Hall–Kier alpha value is -0.220. The van der Waals surface area contributed by atoms with Crippen LogP contribution in [0.4, 0.5) is 0 Å². The van der Waals surface area contributed by atoms with Gasteiger partial charge in [-0.25, -0.2) is 0 Å². The third-order valence-corrected chi connectivity index (χ3v) is 3.69. The van der Waals surface area contributed by atoms with Crippen LogP contribution in [0, 0.1) is 0 Å². The Morgan fingerprint density at radius 1 is 1.50 bits per heavy atom. The van der Waals surface area contributed by atoms with Crippen molar-refractivity contribution in [2.24, 2.45) is 0 Å². The Labute approximate surface area is 103 Å². The lowest BCUT2D eigenvalue weighted by Crippen LogP contribution is -2.44. The number of nitrogens with zero attached hydrogens (tertiary/aromatic N) is 1. The number of hydrogen-bond donors (Lipinski definition) is 1. The van der Waals surface area contributed by atoms with E-state index in [0.717, 1.165) is 25.1 Å². The topological polar surface area (TPSA) is 32.3 Å². The number of hydrogen-bond acceptors (Lipinski definition) is 3. The van der Waals surface area contributed by atoms with Crippen LogP contribution < -0.4 is 5.32 Å². The number of carbonyl (C=O) groups is 1. The maximum atomic E-state index is 12.1. The van der Waals surface area contributed by atoms with Crippen molar-refractivity contribution in [1.29, 1.82) is 0 Å². The highest BCUT2D eigenvalue weighted by molar-refractivity contribution is 7.98. The molecule has 0 saturated carbocycles. The van der Waals surface area contributed by atoms with E-state index >= 15 is 0 Å². The minimum atomic E-state index is 0.0525.